The fraction of sp³-hybridized carbons (Fsp3) is 0.0645. The Kier molecular flexibility index (Phi) is 12.9. The molecule has 2 amide bonds. The van der Waals surface area contributed by atoms with Gasteiger partial charge in [0.2, 0.25) is 5.95 Å². The molecule has 0 aliphatic rings. The smallest absolute Gasteiger partial charge is 0.413 e. The Bertz CT molecular complexity index is 1810. The Morgan fingerprint density at radius 3 is 2.30 bits per heavy atom. The molecule has 0 spiro atoms. The van der Waals surface area contributed by atoms with Crippen molar-refractivity contribution in [3.8, 4) is 5.40 Å². The predicted octanol–water partition coefficient (Wildman–Crippen LogP) is 8.84. The van der Waals surface area contributed by atoms with Crippen LogP contribution in [0.3, 0.4) is 0 Å². The molecule has 222 valence electrons. The minimum Gasteiger partial charge on any atom is -0.453 e. The van der Waals surface area contributed by atoms with Gasteiger partial charge in [-0.05, 0) is 82.9 Å². The van der Waals surface area contributed by atoms with E-state index in [9.17, 15) is 9.59 Å². The number of hydrogen-bond donors (Lipinski definition) is 3. The molecule has 0 aliphatic carbocycles. The number of methoxy groups -OCH3 is 1. The highest BCUT2D eigenvalue weighted by Gasteiger charge is 2.09. The number of fused-ring (bicyclic) bond motifs is 2. The molecule has 0 unspecified atom stereocenters. The van der Waals surface area contributed by atoms with E-state index in [1.54, 1.807) is 23.1 Å². The lowest BCUT2D eigenvalue weighted by atomic mass is 10.2. The molecular weight excluding hydrogens is 727 g/mol. The number of halogens is 1. The summed E-state index contributed by atoms with van der Waals surface area (Å²) in [5, 5.41) is 16.5. The van der Waals surface area contributed by atoms with Gasteiger partial charge in [0, 0.05) is 9.26 Å². The van der Waals surface area contributed by atoms with Crippen molar-refractivity contribution in [3.63, 3.8) is 0 Å². The zero-order valence-electron chi connectivity index (χ0n) is 23.2. The van der Waals surface area contributed by atoms with Gasteiger partial charge >= 0.3 is 6.09 Å². The summed E-state index contributed by atoms with van der Waals surface area (Å²) >= 11 is 6.70. The summed E-state index contributed by atoms with van der Waals surface area (Å²) in [6, 6.07) is 32.5. The first kappa shape index (κ1) is 32.8. The lowest BCUT2D eigenvalue weighted by Gasteiger charge is -2.06. The highest BCUT2D eigenvalue weighted by atomic mass is 127. The maximum absolute atomic E-state index is 11.9. The van der Waals surface area contributed by atoms with Crippen molar-refractivity contribution in [2.24, 2.45) is 0 Å². The fourth-order valence-electron chi connectivity index (χ4n) is 3.54. The highest BCUT2D eigenvalue weighted by Crippen LogP contribution is 2.30. The summed E-state index contributed by atoms with van der Waals surface area (Å²) in [5.41, 5.74) is 4.24. The van der Waals surface area contributed by atoms with Crippen molar-refractivity contribution >= 4 is 102 Å². The molecule has 9 nitrogen and oxygen atoms in total. The molecular formula is C31H25IN6O3S3. The normalized spacial score (nSPS) is 10.0. The number of nitrogens with zero attached hydrogens (tertiary/aromatic N) is 3. The quantitative estimate of drug-likeness (QED) is 0.0506. The van der Waals surface area contributed by atoms with Gasteiger partial charge in [0.15, 0.2) is 4.34 Å². The maximum Gasteiger partial charge on any atom is 0.413 e. The van der Waals surface area contributed by atoms with Crippen LogP contribution in [0.15, 0.2) is 107 Å². The number of carbonyl (C=O) groups is 2. The van der Waals surface area contributed by atoms with Gasteiger partial charge in [-0.15, -0.1) is 11.3 Å². The second kappa shape index (κ2) is 17.3. The number of H-pyrrole nitrogens is 1. The number of anilines is 2. The number of nitrogens with one attached hydrogen (secondary N) is 3. The molecule has 0 aliphatic heterocycles. The van der Waals surface area contributed by atoms with Crippen LogP contribution in [-0.4, -0.2) is 39.1 Å². The Morgan fingerprint density at radius 2 is 1.59 bits per heavy atom. The minimum atomic E-state index is -0.538. The van der Waals surface area contributed by atoms with E-state index in [-0.39, 0.29) is 5.91 Å². The first-order chi connectivity index (χ1) is 21.5. The highest BCUT2D eigenvalue weighted by molar-refractivity contribution is 14.1. The second-order valence-corrected chi connectivity index (χ2v) is 13.0. The average Bonchev–Trinajstić information content (AvgIpc) is 3.65. The molecule has 4 aromatic carbocycles. The summed E-state index contributed by atoms with van der Waals surface area (Å²) in [7, 11) is 1.30. The fourth-order valence-corrected chi connectivity index (χ4v) is 6.82. The number of thiocyanates is 1. The zero-order chi connectivity index (χ0) is 31.1. The number of para-hydroxylation sites is 4. The number of thiazole rings is 1. The number of ether oxygens (including phenoxy) is 1. The molecule has 0 saturated carbocycles. The third-order valence-corrected chi connectivity index (χ3v) is 9.31. The SMILES string of the molecule is COC(=O)Nc1nc2ccccc2[nH]1.N#CSCSc1nc2ccccc2s1.O=C(Nc1ccccc1)c1ccccc1I. The molecule has 2 heterocycles. The molecule has 0 bridgehead atoms. The number of hydrogen-bond acceptors (Lipinski definition) is 9. The number of imidazole rings is 1. The standard InChI is InChI=1S/C13H10INO.C9H9N3O2.C9H6N2S3/c14-12-9-5-4-8-11(12)13(16)15-10-6-2-1-3-7-10;1-14-9(13)12-8-10-6-4-2-3-5-7(6)11-8;10-5-12-6-13-9-11-7-3-1-2-4-8(7)14-9/h1-9H,(H,15,16);2-5H,1H3,(H2,10,11,12,13);1-4H,6H2. The van der Waals surface area contributed by atoms with Gasteiger partial charge in [-0.3, -0.25) is 10.1 Å². The number of aromatic nitrogens is 3. The molecule has 6 rings (SSSR count). The molecule has 6 aromatic rings. The number of nitriles is 1. The van der Waals surface area contributed by atoms with Crippen LogP contribution >= 0.6 is 57.5 Å². The molecule has 3 N–H and O–H groups in total. The molecule has 0 radical (unpaired) electrons. The Morgan fingerprint density at radius 1 is 0.909 bits per heavy atom. The third kappa shape index (κ3) is 9.98. The maximum atomic E-state index is 11.9. The minimum absolute atomic E-state index is 0.0730. The van der Waals surface area contributed by atoms with E-state index in [0.717, 1.165) is 35.2 Å². The van der Waals surface area contributed by atoms with Crippen LogP contribution in [0.5, 0.6) is 0 Å². The largest absolute Gasteiger partial charge is 0.453 e. The average molecular weight is 753 g/mol. The van der Waals surface area contributed by atoms with Crippen molar-refractivity contribution in [2.75, 3.05) is 22.8 Å². The Labute approximate surface area is 280 Å². The summed E-state index contributed by atoms with van der Waals surface area (Å²) in [6.07, 6.45) is -0.538. The van der Waals surface area contributed by atoms with E-state index in [1.807, 2.05) is 102 Å². The second-order valence-electron chi connectivity index (χ2n) is 8.46. The van der Waals surface area contributed by atoms with E-state index in [2.05, 4.69) is 59.0 Å². The molecule has 0 fully saturated rings. The molecule has 44 heavy (non-hydrogen) atoms. The molecule has 13 heteroatoms. The first-order valence-corrected chi connectivity index (χ1v) is 16.7. The summed E-state index contributed by atoms with van der Waals surface area (Å²) in [6.45, 7) is 0. The van der Waals surface area contributed by atoms with Crippen LogP contribution in [0.1, 0.15) is 10.4 Å². The number of rotatable bonds is 6. The lowest BCUT2D eigenvalue weighted by molar-refractivity contribution is 0.102. The summed E-state index contributed by atoms with van der Waals surface area (Å²) in [5.74, 6) is 0.314. The zero-order valence-corrected chi connectivity index (χ0v) is 27.8. The predicted molar refractivity (Wildman–Crippen MR) is 189 cm³/mol. The number of benzene rings is 4. The van der Waals surface area contributed by atoms with Gasteiger partial charge in [-0.25, -0.2) is 14.8 Å². The van der Waals surface area contributed by atoms with Crippen LogP contribution in [0, 0.1) is 14.2 Å². The van der Waals surface area contributed by atoms with Crippen molar-refractivity contribution in [2.45, 2.75) is 4.34 Å². The van der Waals surface area contributed by atoms with Gasteiger partial charge in [0.1, 0.15) is 5.40 Å². The Balaban J connectivity index is 0.000000151. The van der Waals surface area contributed by atoms with E-state index in [1.165, 1.54) is 23.6 Å². The van der Waals surface area contributed by atoms with Gasteiger partial charge in [0.05, 0.1) is 39.0 Å². The van der Waals surface area contributed by atoms with Crippen LogP contribution in [0.25, 0.3) is 21.3 Å². The van der Waals surface area contributed by atoms with E-state index >= 15 is 0 Å². The third-order valence-electron chi connectivity index (χ3n) is 5.53. The van der Waals surface area contributed by atoms with Crippen LogP contribution in [0.4, 0.5) is 16.4 Å². The van der Waals surface area contributed by atoms with Crippen molar-refractivity contribution in [1.29, 1.82) is 5.26 Å². The molecule has 2 aromatic heterocycles. The van der Waals surface area contributed by atoms with Crippen molar-refractivity contribution in [1.82, 2.24) is 15.0 Å². The van der Waals surface area contributed by atoms with Crippen LogP contribution in [-0.2, 0) is 4.74 Å². The topological polar surface area (TPSA) is 133 Å². The number of aromatic amines is 1. The summed E-state index contributed by atoms with van der Waals surface area (Å²) < 4.78 is 7.63. The lowest BCUT2D eigenvalue weighted by Crippen LogP contribution is -2.13. The number of amides is 2. The van der Waals surface area contributed by atoms with Crippen LogP contribution < -0.4 is 10.6 Å². The molecule has 0 atom stereocenters. The van der Waals surface area contributed by atoms with Gasteiger partial charge in [0.25, 0.3) is 5.91 Å². The first-order valence-electron chi connectivity index (χ1n) is 12.9. The number of carbonyl (C=O) groups excluding carboxylic acids is 2. The van der Waals surface area contributed by atoms with Crippen LogP contribution in [0.2, 0.25) is 0 Å². The molecule has 0 saturated heterocycles. The van der Waals surface area contributed by atoms with Crippen molar-refractivity contribution < 1.29 is 14.3 Å². The van der Waals surface area contributed by atoms with E-state index in [4.69, 9.17) is 5.26 Å². The van der Waals surface area contributed by atoms with Crippen molar-refractivity contribution in [3.05, 3.63) is 112 Å². The Hall–Kier alpha value is -4.10. The van der Waals surface area contributed by atoms with Gasteiger partial charge < -0.3 is 15.0 Å². The van der Waals surface area contributed by atoms with Gasteiger partial charge in [-0.1, -0.05) is 66.4 Å². The van der Waals surface area contributed by atoms with E-state index in [0.29, 0.717) is 11.5 Å². The van der Waals surface area contributed by atoms with E-state index < -0.39 is 6.09 Å². The van der Waals surface area contributed by atoms with Gasteiger partial charge in [-0.2, -0.15) is 5.26 Å². The monoisotopic (exact) mass is 752 g/mol. The number of thioether (sulfide) groups is 2. The summed E-state index contributed by atoms with van der Waals surface area (Å²) in [4.78, 5) is 34.3.